The van der Waals surface area contributed by atoms with Gasteiger partial charge in [0.15, 0.2) is 5.78 Å². The molecule has 0 bridgehead atoms. The number of hydrogen-bond donors (Lipinski definition) is 3. The van der Waals surface area contributed by atoms with Gasteiger partial charge < -0.3 is 19.9 Å². The van der Waals surface area contributed by atoms with Crippen molar-refractivity contribution in [1.29, 1.82) is 0 Å². The lowest BCUT2D eigenvalue weighted by Gasteiger charge is -2.21. The third-order valence-electron chi connectivity index (χ3n) is 4.95. The molecule has 27 heavy (non-hydrogen) atoms. The summed E-state index contributed by atoms with van der Waals surface area (Å²) in [5.41, 5.74) is -0.320. The highest BCUT2D eigenvalue weighted by Gasteiger charge is 2.35. The maximum Gasteiger partial charge on any atom is 0.251 e. The number of benzene rings is 2. The molecule has 3 N–H and O–H groups in total. The van der Waals surface area contributed by atoms with Crippen molar-refractivity contribution < 1.29 is 24.9 Å². The van der Waals surface area contributed by atoms with Gasteiger partial charge in [0.25, 0.3) is 5.56 Å². The number of carbonyl (C=O) groups is 2. The van der Waals surface area contributed by atoms with Gasteiger partial charge in [-0.15, -0.1) is 0 Å². The van der Waals surface area contributed by atoms with Crippen LogP contribution in [-0.4, -0.2) is 38.1 Å². The number of aliphatic hydroxyl groups is 1. The van der Waals surface area contributed by atoms with Gasteiger partial charge in [-0.25, -0.2) is 0 Å². The van der Waals surface area contributed by atoms with Gasteiger partial charge in [-0.3, -0.25) is 14.4 Å². The van der Waals surface area contributed by atoms with Crippen molar-refractivity contribution in [3.05, 3.63) is 68.6 Å². The number of carbonyl (C=O) groups excluding carboxylic acids is 2. The molecule has 0 unspecified atom stereocenters. The number of hydrogen-bond acceptors (Lipinski definition) is 6. The lowest BCUT2D eigenvalue weighted by molar-refractivity contribution is 0.0974. The van der Waals surface area contributed by atoms with Crippen LogP contribution in [0.4, 0.5) is 0 Å². The number of phenols is 2. The quantitative estimate of drug-likeness (QED) is 0.495. The van der Waals surface area contributed by atoms with E-state index in [1.807, 2.05) is 0 Å². The zero-order valence-electron chi connectivity index (χ0n) is 14.3. The van der Waals surface area contributed by atoms with Crippen molar-refractivity contribution in [2.24, 2.45) is 0 Å². The van der Waals surface area contributed by atoms with Crippen LogP contribution in [0.5, 0.6) is 11.5 Å². The molecular weight excluding hydrogens is 350 g/mol. The van der Waals surface area contributed by atoms with Gasteiger partial charge >= 0.3 is 0 Å². The molecule has 0 spiro atoms. The molecule has 1 aliphatic carbocycles. The van der Waals surface area contributed by atoms with Crippen LogP contribution in [0.15, 0.2) is 35.1 Å². The highest BCUT2D eigenvalue weighted by Crippen LogP contribution is 2.40. The van der Waals surface area contributed by atoms with Crippen molar-refractivity contribution >= 4 is 22.3 Å². The summed E-state index contributed by atoms with van der Waals surface area (Å²) < 4.78 is 1.29. The maximum atomic E-state index is 12.9. The first-order valence-electron chi connectivity index (χ1n) is 8.29. The minimum atomic E-state index is -0.656. The summed E-state index contributed by atoms with van der Waals surface area (Å²) in [4.78, 5) is 38.1. The second kappa shape index (κ2) is 5.78. The van der Waals surface area contributed by atoms with Crippen LogP contribution in [-0.2, 0) is 6.54 Å². The standard InChI is InChI=1S/C20H15NO6/c1-9-15-10(8-14(24)21(9)5-6-22)7-12-17(19(15)26)20(27)16-11(18(12)25)3-2-4-13(16)23/h2-4,7-8,22-23,26H,5-6H2,1H3. The zero-order chi connectivity index (χ0) is 19.5. The Kier molecular flexibility index (Phi) is 3.64. The van der Waals surface area contributed by atoms with Gasteiger partial charge in [0, 0.05) is 34.8 Å². The first kappa shape index (κ1) is 17.0. The fourth-order valence-electron chi connectivity index (χ4n) is 3.72. The molecule has 0 saturated carbocycles. The molecule has 1 aliphatic rings. The summed E-state index contributed by atoms with van der Waals surface area (Å²) in [7, 11) is 0. The van der Waals surface area contributed by atoms with E-state index < -0.39 is 17.3 Å². The summed E-state index contributed by atoms with van der Waals surface area (Å²) in [6.45, 7) is 1.36. The predicted octanol–water partition coefficient (Wildman–Crippen LogP) is 1.49. The molecule has 0 radical (unpaired) electrons. The summed E-state index contributed by atoms with van der Waals surface area (Å²) in [5, 5.41) is 30.6. The number of pyridine rings is 1. The maximum absolute atomic E-state index is 12.9. The number of phenolic OH excluding ortho intramolecular Hbond substituents is 2. The lowest BCUT2D eigenvalue weighted by Crippen LogP contribution is -2.25. The highest BCUT2D eigenvalue weighted by atomic mass is 16.3. The number of aryl methyl sites for hydroxylation is 1. The fraction of sp³-hybridized carbons (Fsp3) is 0.150. The Morgan fingerprint density at radius 1 is 0.963 bits per heavy atom. The summed E-state index contributed by atoms with van der Waals surface area (Å²) in [6.07, 6.45) is 0. The van der Waals surface area contributed by atoms with E-state index in [1.54, 1.807) is 6.92 Å². The van der Waals surface area contributed by atoms with Crippen molar-refractivity contribution in [1.82, 2.24) is 4.57 Å². The number of fused-ring (bicyclic) bond motifs is 3. The van der Waals surface area contributed by atoms with Crippen molar-refractivity contribution in [3.63, 3.8) is 0 Å². The molecule has 7 heteroatoms. The van der Waals surface area contributed by atoms with Gasteiger partial charge in [0.2, 0.25) is 5.78 Å². The fourth-order valence-corrected chi connectivity index (χ4v) is 3.72. The summed E-state index contributed by atoms with van der Waals surface area (Å²) in [5.74, 6) is -1.92. The smallest absolute Gasteiger partial charge is 0.251 e. The van der Waals surface area contributed by atoms with E-state index in [9.17, 15) is 24.6 Å². The topological polar surface area (TPSA) is 117 Å². The average molecular weight is 365 g/mol. The Morgan fingerprint density at radius 3 is 2.41 bits per heavy atom. The first-order valence-corrected chi connectivity index (χ1v) is 8.29. The number of aliphatic hydroxyl groups excluding tert-OH is 1. The van der Waals surface area contributed by atoms with Gasteiger partial charge in [-0.05, 0) is 24.4 Å². The number of ketones is 2. The minimum Gasteiger partial charge on any atom is -0.507 e. The van der Waals surface area contributed by atoms with E-state index in [-0.39, 0.29) is 52.1 Å². The molecule has 136 valence electrons. The molecule has 4 rings (SSSR count). The average Bonchev–Trinajstić information content (AvgIpc) is 2.62. The Balaban J connectivity index is 2.12. The molecule has 0 saturated heterocycles. The van der Waals surface area contributed by atoms with E-state index in [0.717, 1.165) is 0 Å². The second-order valence-corrected chi connectivity index (χ2v) is 6.41. The number of aromatic hydroxyl groups is 2. The molecule has 1 aromatic heterocycles. The number of rotatable bonds is 2. The van der Waals surface area contributed by atoms with E-state index in [1.165, 1.54) is 34.9 Å². The number of aromatic nitrogens is 1. The zero-order valence-corrected chi connectivity index (χ0v) is 14.3. The van der Waals surface area contributed by atoms with Crippen molar-refractivity contribution in [2.75, 3.05) is 6.61 Å². The second-order valence-electron chi connectivity index (χ2n) is 6.41. The van der Waals surface area contributed by atoms with Gasteiger partial charge in [0.05, 0.1) is 17.7 Å². The first-order chi connectivity index (χ1) is 12.9. The minimum absolute atomic E-state index is 0.0122. The summed E-state index contributed by atoms with van der Waals surface area (Å²) in [6, 6.07) is 6.87. The predicted molar refractivity (Wildman–Crippen MR) is 96.7 cm³/mol. The van der Waals surface area contributed by atoms with Crippen LogP contribution in [0.25, 0.3) is 10.8 Å². The molecular formula is C20H15NO6. The molecule has 2 aromatic carbocycles. The van der Waals surface area contributed by atoms with Crippen LogP contribution in [0, 0.1) is 6.92 Å². The van der Waals surface area contributed by atoms with Crippen LogP contribution >= 0.6 is 0 Å². The Labute approximate surface area is 152 Å². The van der Waals surface area contributed by atoms with Crippen molar-refractivity contribution in [2.45, 2.75) is 13.5 Å². The Hall–Kier alpha value is -3.45. The van der Waals surface area contributed by atoms with Gasteiger partial charge in [0.1, 0.15) is 11.5 Å². The van der Waals surface area contributed by atoms with Gasteiger partial charge in [-0.1, -0.05) is 12.1 Å². The largest absolute Gasteiger partial charge is 0.507 e. The molecule has 7 nitrogen and oxygen atoms in total. The third kappa shape index (κ3) is 2.22. The van der Waals surface area contributed by atoms with E-state index in [4.69, 9.17) is 5.11 Å². The molecule has 0 atom stereocenters. The van der Waals surface area contributed by atoms with Crippen LogP contribution < -0.4 is 5.56 Å². The SMILES string of the molecule is Cc1c2c(O)c3c(cc2cc(=O)n1CCO)C(=O)c1cccc(O)c1C3=O. The Bertz CT molecular complexity index is 1220. The van der Waals surface area contributed by atoms with Crippen molar-refractivity contribution in [3.8, 4) is 11.5 Å². The summed E-state index contributed by atoms with van der Waals surface area (Å²) >= 11 is 0. The van der Waals surface area contributed by atoms with Crippen LogP contribution in [0.1, 0.15) is 37.5 Å². The number of nitrogens with zero attached hydrogens (tertiary/aromatic N) is 1. The normalized spacial score (nSPS) is 13.0. The van der Waals surface area contributed by atoms with E-state index >= 15 is 0 Å². The van der Waals surface area contributed by atoms with Crippen LogP contribution in [0.2, 0.25) is 0 Å². The monoisotopic (exact) mass is 365 g/mol. The molecule has 1 heterocycles. The molecule has 0 fully saturated rings. The lowest BCUT2D eigenvalue weighted by atomic mass is 9.81. The third-order valence-corrected chi connectivity index (χ3v) is 4.95. The Morgan fingerprint density at radius 2 is 1.70 bits per heavy atom. The molecule has 0 aliphatic heterocycles. The van der Waals surface area contributed by atoms with E-state index in [0.29, 0.717) is 11.1 Å². The van der Waals surface area contributed by atoms with E-state index in [2.05, 4.69) is 0 Å². The highest BCUT2D eigenvalue weighted by molar-refractivity contribution is 6.31. The van der Waals surface area contributed by atoms with Gasteiger partial charge in [-0.2, -0.15) is 0 Å². The molecule has 0 amide bonds. The molecule has 3 aromatic rings. The van der Waals surface area contributed by atoms with Crippen LogP contribution in [0.3, 0.4) is 0 Å².